The lowest BCUT2D eigenvalue weighted by Crippen LogP contribution is -2.08. The van der Waals surface area contributed by atoms with E-state index in [-0.39, 0.29) is 23.8 Å². The van der Waals surface area contributed by atoms with Crippen molar-refractivity contribution in [1.82, 2.24) is 0 Å². The average molecular weight is 298 g/mol. The number of hydrogen-bond acceptors (Lipinski definition) is 2. The van der Waals surface area contributed by atoms with Gasteiger partial charge in [-0.15, -0.1) is 0 Å². The first-order valence-electron chi connectivity index (χ1n) is 7.49. The number of ketones is 2. The second kappa shape index (κ2) is 8.23. The van der Waals surface area contributed by atoms with Gasteiger partial charge in [0.15, 0.2) is 5.78 Å². The quantitative estimate of drug-likeness (QED) is 0.412. The predicted octanol–water partition coefficient (Wildman–Crippen LogP) is 4.38. The molecule has 0 aliphatic heterocycles. The van der Waals surface area contributed by atoms with Crippen LogP contribution in [0.3, 0.4) is 0 Å². The molecule has 0 radical (unpaired) electrons. The number of Topliss-reactive ketones (excluding diaryl/α,β-unsaturated/α-hetero) is 2. The van der Waals surface area contributed by atoms with Crippen molar-refractivity contribution in [3.8, 4) is 0 Å². The molecule has 3 heteroatoms. The summed E-state index contributed by atoms with van der Waals surface area (Å²) in [5.74, 6) is -0.379. The molecule has 0 spiro atoms. The van der Waals surface area contributed by atoms with Crippen LogP contribution in [0.4, 0.5) is 4.39 Å². The van der Waals surface area contributed by atoms with Crippen molar-refractivity contribution >= 4 is 11.6 Å². The van der Waals surface area contributed by atoms with Crippen LogP contribution in [0.2, 0.25) is 0 Å². The smallest absolute Gasteiger partial charge is 0.170 e. The zero-order chi connectivity index (χ0) is 15.8. The van der Waals surface area contributed by atoms with Crippen molar-refractivity contribution in [2.24, 2.45) is 0 Å². The fourth-order valence-electron chi connectivity index (χ4n) is 2.30. The minimum Gasteiger partial charge on any atom is -0.299 e. The summed E-state index contributed by atoms with van der Waals surface area (Å²) in [6, 6.07) is 15.3. The van der Waals surface area contributed by atoms with Crippen molar-refractivity contribution in [1.29, 1.82) is 0 Å². The summed E-state index contributed by atoms with van der Waals surface area (Å²) in [7, 11) is 0. The van der Waals surface area contributed by atoms with Gasteiger partial charge in [0.2, 0.25) is 0 Å². The number of rotatable bonds is 8. The molecule has 0 saturated carbocycles. The first-order valence-corrected chi connectivity index (χ1v) is 7.49. The van der Waals surface area contributed by atoms with Gasteiger partial charge in [0.1, 0.15) is 11.6 Å². The largest absolute Gasteiger partial charge is 0.299 e. The summed E-state index contributed by atoms with van der Waals surface area (Å²) in [6.07, 6.45) is 2.82. The Bertz CT molecular complexity index is 618. The Labute approximate surface area is 130 Å². The zero-order valence-corrected chi connectivity index (χ0v) is 12.4. The maximum atomic E-state index is 12.8. The third-order valence-corrected chi connectivity index (χ3v) is 3.54. The number of benzene rings is 2. The molecule has 2 nitrogen and oxygen atoms in total. The summed E-state index contributed by atoms with van der Waals surface area (Å²) < 4.78 is 12.8. The van der Waals surface area contributed by atoms with Gasteiger partial charge >= 0.3 is 0 Å². The van der Waals surface area contributed by atoms with E-state index in [1.54, 1.807) is 36.4 Å². The van der Waals surface area contributed by atoms with Crippen LogP contribution < -0.4 is 0 Å². The van der Waals surface area contributed by atoms with E-state index in [1.807, 2.05) is 6.07 Å². The Balaban J connectivity index is 1.67. The zero-order valence-electron chi connectivity index (χ0n) is 12.4. The first kappa shape index (κ1) is 16.1. The van der Waals surface area contributed by atoms with Gasteiger partial charge in [-0.2, -0.15) is 0 Å². The molecule has 0 aliphatic carbocycles. The molecule has 0 bridgehead atoms. The van der Waals surface area contributed by atoms with Gasteiger partial charge < -0.3 is 0 Å². The van der Waals surface area contributed by atoms with Gasteiger partial charge in [-0.25, -0.2) is 4.39 Å². The van der Waals surface area contributed by atoms with E-state index >= 15 is 0 Å². The highest BCUT2D eigenvalue weighted by Gasteiger charge is 2.11. The fourth-order valence-corrected chi connectivity index (χ4v) is 2.30. The number of hydrogen-bond donors (Lipinski definition) is 0. The van der Waals surface area contributed by atoms with E-state index in [2.05, 4.69) is 0 Å². The molecule has 2 rings (SSSR count). The van der Waals surface area contributed by atoms with E-state index < -0.39 is 0 Å². The lowest BCUT2D eigenvalue weighted by atomic mass is 10.0. The van der Waals surface area contributed by atoms with Crippen LogP contribution in [0.25, 0.3) is 0 Å². The Hall–Kier alpha value is -2.29. The third kappa shape index (κ3) is 5.24. The SMILES string of the molecule is O=C(CCCCc1ccc(F)cc1)CC(=O)c1ccccc1. The lowest BCUT2D eigenvalue weighted by molar-refractivity contribution is -0.118. The lowest BCUT2D eigenvalue weighted by Gasteiger charge is -2.03. The molecule has 0 unspecified atom stereocenters. The number of unbranched alkanes of at least 4 members (excludes halogenated alkanes) is 1. The molecule has 0 amide bonds. The van der Waals surface area contributed by atoms with E-state index in [1.165, 1.54) is 12.1 Å². The maximum absolute atomic E-state index is 12.8. The summed E-state index contributed by atoms with van der Waals surface area (Å²) >= 11 is 0. The van der Waals surface area contributed by atoms with Crippen LogP contribution in [0.5, 0.6) is 0 Å². The minimum absolute atomic E-state index is 0.0204. The fraction of sp³-hybridized carbons (Fsp3) is 0.263. The van der Waals surface area contributed by atoms with Crippen molar-refractivity contribution in [2.45, 2.75) is 32.1 Å². The van der Waals surface area contributed by atoms with Crippen LogP contribution in [0.1, 0.15) is 41.6 Å². The molecule has 0 aromatic heterocycles. The highest BCUT2D eigenvalue weighted by atomic mass is 19.1. The molecule has 2 aromatic rings. The van der Waals surface area contributed by atoms with Crippen LogP contribution in [-0.4, -0.2) is 11.6 Å². The van der Waals surface area contributed by atoms with Crippen LogP contribution in [0.15, 0.2) is 54.6 Å². The summed E-state index contributed by atoms with van der Waals surface area (Å²) in [4.78, 5) is 23.7. The van der Waals surface area contributed by atoms with Gasteiger partial charge in [0, 0.05) is 12.0 Å². The highest BCUT2D eigenvalue weighted by molar-refractivity contribution is 6.07. The minimum atomic E-state index is -0.238. The molecular weight excluding hydrogens is 279 g/mol. The van der Waals surface area contributed by atoms with Crippen LogP contribution >= 0.6 is 0 Å². The predicted molar refractivity (Wildman–Crippen MR) is 84.4 cm³/mol. The monoisotopic (exact) mass is 298 g/mol. The Kier molecular flexibility index (Phi) is 6.01. The normalized spacial score (nSPS) is 10.4. The molecule has 0 heterocycles. The van der Waals surface area contributed by atoms with Crippen LogP contribution in [-0.2, 0) is 11.2 Å². The molecular formula is C19H19FO2. The maximum Gasteiger partial charge on any atom is 0.170 e. The second-order valence-electron chi connectivity index (χ2n) is 5.34. The van der Waals surface area contributed by atoms with Gasteiger partial charge in [-0.1, -0.05) is 42.5 Å². The Morgan fingerprint density at radius 3 is 2.23 bits per heavy atom. The summed E-state index contributed by atoms with van der Waals surface area (Å²) in [6.45, 7) is 0. The molecule has 2 aromatic carbocycles. The third-order valence-electron chi connectivity index (χ3n) is 3.54. The molecule has 0 N–H and O–H groups in total. The summed E-state index contributed by atoms with van der Waals surface area (Å²) in [5, 5.41) is 0. The van der Waals surface area contributed by atoms with E-state index in [0.717, 1.165) is 24.8 Å². The van der Waals surface area contributed by atoms with Crippen molar-refractivity contribution in [3.63, 3.8) is 0 Å². The van der Waals surface area contributed by atoms with Crippen molar-refractivity contribution in [3.05, 3.63) is 71.5 Å². The molecule has 0 aliphatic rings. The second-order valence-corrected chi connectivity index (χ2v) is 5.34. The first-order chi connectivity index (χ1) is 10.6. The Morgan fingerprint density at radius 1 is 0.864 bits per heavy atom. The number of halogens is 1. The molecule has 0 atom stereocenters. The van der Waals surface area contributed by atoms with Crippen molar-refractivity contribution < 1.29 is 14.0 Å². The number of carbonyl (C=O) groups excluding carboxylic acids is 2. The molecule has 0 saturated heterocycles. The molecule has 22 heavy (non-hydrogen) atoms. The summed E-state index contributed by atoms with van der Waals surface area (Å²) in [5.41, 5.74) is 1.65. The highest BCUT2D eigenvalue weighted by Crippen LogP contribution is 2.10. The standard InChI is InChI=1S/C19H19FO2/c20-17-12-10-15(11-13-17)6-4-5-9-18(21)14-19(22)16-7-2-1-3-8-16/h1-3,7-8,10-13H,4-6,9,14H2. The topological polar surface area (TPSA) is 34.1 Å². The molecule has 114 valence electrons. The number of carbonyl (C=O) groups is 2. The van der Waals surface area contributed by atoms with Crippen LogP contribution in [0, 0.1) is 5.82 Å². The van der Waals surface area contributed by atoms with Gasteiger partial charge in [-0.05, 0) is 37.0 Å². The van der Waals surface area contributed by atoms with E-state index in [4.69, 9.17) is 0 Å². The Morgan fingerprint density at radius 2 is 1.55 bits per heavy atom. The van der Waals surface area contributed by atoms with Gasteiger partial charge in [0.05, 0.1) is 6.42 Å². The van der Waals surface area contributed by atoms with Crippen molar-refractivity contribution in [2.75, 3.05) is 0 Å². The average Bonchev–Trinajstić information content (AvgIpc) is 2.54. The van der Waals surface area contributed by atoms with E-state index in [0.29, 0.717) is 12.0 Å². The van der Waals surface area contributed by atoms with Gasteiger partial charge in [0.25, 0.3) is 0 Å². The molecule has 0 fully saturated rings. The number of aryl methyl sites for hydroxylation is 1. The van der Waals surface area contributed by atoms with E-state index in [9.17, 15) is 14.0 Å². The van der Waals surface area contributed by atoms with Gasteiger partial charge in [-0.3, -0.25) is 9.59 Å².